The zero-order valence-electron chi connectivity index (χ0n) is 11.8. The van der Waals surface area contributed by atoms with Gasteiger partial charge in [0.1, 0.15) is 0 Å². The SMILES string of the molecule is CC(C)=CCNC1CCC(C(C)(C)C)CC1. The Morgan fingerprint density at radius 1 is 1.12 bits per heavy atom. The molecule has 0 atom stereocenters. The van der Waals surface area contributed by atoms with Gasteiger partial charge in [0.2, 0.25) is 0 Å². The highest BCUT2D eigenvalue weighted by atomic mass is 14.9. The van der Waals surface area contributed by atoms with Crippen LogP contribution in [0.5, 0.6) is 0 Å². The molecule has 1 heteroatoms. The van der Waals surface area contributed by atoms with Gasteiger partial charge in [-0.3, -0.25) is 0 Å². The van der Waals surface area contributed by atoms with Crippen LogP contribution in [0.25, 0.3) is 0 Å². The van der Waals surface area contributed by atoms with E-state index in [-0.39, 0.29) is 0 Å². The van der Waals surface area contributed by atoms with E-state index in [1.165, 1.54) is 31.3 Å². The summed E-state index contributed by atoms with van der Waals surface area (Å²) in [6.45, 7) is 12.5. The van der Waals surface area contributed by atoms with Gasteiger partial charge in [-0.25, -0.2) is 0 Å². The van der Waals surface area contributed by atoms with Gasteiger partial charge in [-0.15, -0.1) is 0 Å². The molecule has 1 aliphatic carbocycles. The van der Waals surface area contributed by atoms with Gasteiger partial charge in [0.05, 0.1) is 0 Å². The minimum atomic E-state index is 0.505. The molecule has 1 saturated carbocycles. The molecule has 0 radical (unpaired) electrons. The first-order valence-corrected chi connectivity index (χ1v) is 6.76. The topological polar surface area (TPSA) is 12.0 Å². The maximum Gasteiger partial charge on any atom is 0.0139 e. The zero-order chi connectivity index (χ0) is 12.2. The Balaban J connectivity index is 2.25. The third-order valence-corrected chi connectivity index (χ3v) is 3.87. The molecule has 0 aromatic heterocycles. The van der Waals surface area contributed by atoms with Crippen molar-refractivity contribution in [1.82, 2.24) is 5.32 Å². The van der Waals surface area contributed by atoms with E-state index in [9.17, 15) is 0 Å². The Labute approximate surface area is 102 Å². The summed E-state index contributed by atoms with van der Waals surface area (Å²) < 4.78 is 0. The first-order valence-electron chi connectivity index (χ1n) is 6.76. The van der Waals surface area contributed by atoms with Crippen LogP contribution in [0.4, 0.5) is 0 Å². The van der Waals surface area contributed by atoms with Gasteiger partial charge in [-0.2, -0.15) is 0 Å². The molecular weight excluding hydrogens is 194 g/mol. The Bertz CT molecular complexity index is 222. The minimum absolute atomic E-state index is 0.505. The van der Waals surface area contributed by atoms with Crippen LogP contribution in [0.15, 0.2) is 11.6 Å². The first kappa shape index (κ1) is 13.8. The van der Waals surface area contributed by atoms with Gasteiger partial charge < -0.3 is 5.32 Å². The van der Waals surface area contributed by atoms with Gasteiger partial charge in [0.25, 0.3) is 0 Å². The Kier molecular flexibility index (Phi) is 5.04. The third kappa shape index (κ3) is 4.69. The summed E-state index contributed by atoms with van der Waals surface area (Å²) in [5.41, 5.74) is 1.92. The molecule has 1 fully saturated rings. The fourth-order valence-corrected chi connectivity index (χ4v) is 2.59. The highest BCUT2D eigenvalue weighted by Crippen LogP contribution is 2.37. The lowest BCUT2D eigenvalue weighted by atomic mass is 9.71. The van der Waals surface area contributed by atoms with Crippen LogP contribution in [0, 0.1) is 11.3 Å². The fraction of sp³-hybridized carbons (Fsp3) is 0.867. The number of nitrogens with one attached hydrogen (secondary N) is 1. The maximum atomic E-state index is 3.65. The van der Waals surface area contributed by atoms with Gasteiger partial charge in [-0.1, -0.05) is 32.4 Å². The van der Waals surface area contributed by atoms with E-state index in [1.807, 2.05) is 0 Å². The molecule has 0 aromatic rings. The van der Waals surface area contributed by atoms with E-state index in [0.717, 1.165) is 18.5 Å². The monoisotopic (exact) mass is 223 g/mol. The van der Waals surface area contributed by atoms with Crippen LogP contribution in [0.3, 0.4) is 0 Å². The molecule has 0 heterocycles. The molecule has 1 rings (SSSR count). The quantitative estimate of drug-likeness (QED) is 0.709. The molecule has 94 valence electrons. The Hall–Kier alpha value is -0.300. The summed E-state index contributed by atoms with van der Waals surface area (Å²) in [7, 11) is 0. The molecule has 0 aromatic carbocycles. The second-order valence-corrected chi connectivity index (χ2v) is 6.60. The summed E-state index contributed by atoms with van der Waals surface area (Å²) in [6, 6.07) is 0.759. The minimum Gasteiger partial charge on any atom is -0.311 e. The predicted octanol–water partition coefficient (Wildman–Crippen LogP) is 4.15. The number of rotatable bonds is 3. The molecule has 1 nitrogen and oxygen atoms in total. The van der Waals surface area contributed by atoms with Gasteiger partial charge in [0, 0.05) is 12.6 Å². The van der Waals surface area contributed by atoms with E-state index >= 15 is 0 Å². The van der Waals surface area contributed by atoms with Crippen molar-refractivity contribution in [3.8, 4) is 0 Å². The lowest BCUT2D eigenvalue weighted by Crippen LogP contribution is -2.36. The van der Waals surface area contributed by atoms with Crippen molar-refractivity contribution >= 4 is 0 Å². The standard InChI is InChI=1S/C15H29N/c1-12(2)10-11-16-14-8-6-13(7-9-14)15(3,4)5/h10,13-14,16H,6-9,11H2,1-5H3. The Morgan fingerprint density at radius 3 is 2.12 bits per heavy atom. The summed E-state index contributed by atoms with van der Waals surface area (Å²) >= 11 is 0. The van der Waals surface area contributed by atoms with Gasteiger partial charge in [-0.05, 0) is 50.9 Å². The van der Waals surface area contributed by atoms with Crippen LogP contribution >= 0.6 is 0 Å². The molecule has 0 saturated heterocycles. The van der Waals surface area contributed by atoms with Crippen molar-refractivity contribution in [3.63, 3.8) is 0 Å². The van der Waals surface area contributed by atoms with Gasteiger partial charge >= 0.3 is 0 Å². The molecule has 16 heavy (non-hydrogen) atoms. The average Bonchev–Trinajstić information content (AvgIpc) is 2.16. The molecule has 0 spiro atoms. The highest BCUT2D eigenvalue weighted by molar-refractivity contribution is 4.95. The number of hydrogen-bond donors (Lipinski definition) is 1. The highest BCUT2D eigenvalue weighted by Gasteiger charge is 2.29. The van der Waals surface area contributed by atoms with Crippen molar-refractivity contribution < 1.29 is 0 Å². The van der Waals surface area contributed by atoms with E-state index in [0.29, 0.717) is 5.41 Å². The normalized spacial score (nSPS) is 26.6. The lowest BCUT2D eigenvalue weighted by Gasteiger charge is -2.37. The second kappa shape index (κ2) is 5.86. The average molecular weight is 223 g/mol. The summed E-state index contributed by atoms with van der Waals surface area (Å²) in [4.78, 5) is 0. The number of hydrogen-bond acceptors (Lipinski definition) is 1. The molecule has 0 unspecified atom stereocenters. The first-order chi connectivity index (χ1) is 7.39. The van der Waals surface area contributed by atoms with Crippen LogP contribution in [0.1, 0.15) is 60.3 Å². The summed E-state index contributed by atoms with van der Waals surface area (Å²) in [5.74, 6) is 0.925. The van der Waals surface area contributed by atoms with E-state index in [1.54, 1.807) is 0 Å². The molecule has 0 bridgehead atoms. The zero-order valence-corrected chi connectivity index (χ0v) is 11.8. The second-order valence-electron chi connectivity index (χ2n) is 6.60. The lowest BCUT2D eigenvalue weighted by molar-refractivity contribution is 0.161. The van der Waals surface area contributed by atoms with Crippen molar-refractivity contribution in [1.29, 1.82) is 0 Å². The van der Waals surface area contributed by atoms with Gasteiger partial charge in [0.15, 0.2) is 0 Å². The summed E-state index contributed by atoms with van der Waals surface area (Å²) in [5, 5.41) is 3.65. The summed E-state index contributed by atoms with van der Waals surface area (Å²) in [6.07, 6.45) is 7.80. The predicted molar refractivity (Wildman–Crippen MR) is 72.6 cm³/mol. The van der Waals surface area contributed by atoms with Crippen LogP contribution < -0.4 is 5.32 Å². The maximum absolute atomic E-state index is 3.65. The van der Waals surface area contributed by atoms with E-state index < -0.39 is 0 Å². The fourth-order valence-electron chi connectivity index (χ4n) is 2.59. The Morgan fingerprint density at radius 2 is 1.69 bits per heavy atom. The van der Waals surface area contributed by atoms with Crippen molar-refractivity contribution in [2.75, 3.05) is 6.54 Å². The number of allylic oxidation sites excluding steroid dienone is 1. The molecule has 0 amide bonds. The largest absolute Gasteiger partial charge is 0.311 e. The van der Waals surface area contributed by atoms with Crippen LogP contribution in [-0.2, 0) is 0 Å². The smallest absolute Gasteiger partial charge is 0.0139 e. The van der Waals surface area contributed by atoms with Crippen molar-refractivity contribution in [2.24, 2.45) is 11.3 Å². The third-order valence-electron chi connectivity index (χ3n) is 3.87. The molecular formula is C15H29N. The molecule has 1 aliphatic rings. The van der Waals surface area contributed by atoms with E-state index in [2.05, 4.69) is 46.0 Å². The van der Waals surface area contributed by atoms with Crippen molar-refractivity contribution in [3.05, 3.63) is 11.6 Å². The molecule has 1 N–H and O–H groups in total. The van der Waals surface area contributed by atoms with Crippen molar-refractivity contribution in [2.45, 2.75) is 66.3 Å². The van der Waals surface area contributed by atoms with Crippen LogP contribution in [0.2, 0.25) is 0 Å². The van der Waals surface area contributed by atoms with Crippen LogP contribution in [-0.4, -0.2) is 12.6 Å². The molecule has 0 aliphatic heterocycles. The van der Waals surface area contributed by atoms with E-state index in [4.69, 9.17) is 0 Å².